The molecule has 0 unspecified atom stereocenters. The van der Waals surface area contributed by atoms with Crippen molar-refractivity contribution in [2.24, 2.45) is 0 Å². The maximum Gasteiger partial charge on any atom is 0.416 e. The molecule has 11 heteroatoms. The Morgan fingerprint density at radius 1 is 1.23 bits per heavy atom. The quantitative estimate of drug-likeness (QED) is 0.464. The van der Waals surface area contributed by atoms with Gasteiger partial charge < -0.3 is 5.32 Å². The molecule has 0 aliphatic rings. The Balaban J connectivity index is 1.68. The third-order valence-electron chi connectivity index (χ3n) is 4.41. The second-order valence-corrected chi connectivity index (χ2v) is 7.70. The summed E-state index contributed by atoms with van der Waals surface area (Å²) in [6, 6.07) is 4.80. The number of pyridine rings is 1. The van der Waals surface area contributed by atoms with Crippen molar-refractivity contribution in [3.8, 4) is 0 Å². The number of alkyl halides is 3. The average Bonchev–Trinajstić information content (AvgIpc) is 3.26. The molecule has 0 radical (unpaired) electrons. The number of hydrogen-bond donors (Lipinski definition) is 1. The highest BCUT2D eigenvalue weighted by molar-refractivity contribution is 7.12. The van der Waals surface area contributed by atoms with Gasteiger partial charge in [-0.1, -0.05) is 23.7 Å². The number of fused-ring (bicyclic) bond motifs is 1. The van der Waals surface area contributed by atoms with Crippen LogP contribution in [-0.4, -0.2) is 25.7 Å². The Bertz CT molecular complexity index is 1230. The minimum absolute atomic E-state index is 0.173. The molecule has 0 bridgehead atoms. The summed E-state index contributed by atoms with van der Waals surface area (Å²) in [7, 11) is 0. The van der Waals surface area contributed by atoms with Crippen molar-refractivity contribution in [2.45, 2.75) is 19.6 Å². The van der Waals surface area contributed by atoms with E-state index in [0.717, 1.165) is 12.1 Å². The van der Waals surface area contributed by atoms with Crippen molar-refractivity contribution >= 4 is 45.6 Å². The van der Waals surface area contributed by atoms with Gasteiger partial charge in [-0.2, -0.15) is 18.3 Å². The minimum Gasteiger partial charge on any atom is -0.304 e. The second kappa shape index (κ2) is 7.69. The minimum atomic E-state index is -4.40. The van der Waals surface area contributed by atoms with Gasteiger partial charge in [0, 0.05) is 6.20 Å². The molecule has 1 aromatic carbocycles. The van der Waals surface area contributed by atoms with Gasteiger partial charge in [0.1, 0.15) is 4.88 Å². The number of benzene rings is 1. The number of amides is 1. The van der Waals surface area contributed by atoms with E-state index in [4.69, 9.17) is 11.6 Å². The van der Waals surface area contributed by atoms with Gasteiger partial charge in [0.2, 0.25) is 0 Å². The van der Waals surface area contributed by atoms with E-state index in [9.17, 15) is 18.0 Å². The fraction of sp³-hybridized carbons (Fsp3) is 0.158. The smallest absolute Gasteiger partial charge is 0.304 e. The van der Waals surface area contributed by atoms with Gasteiger partial charge in [-0.15, -0.1) is 11.3 Å². The number of halogens is 4. The van der Waals surface area contributed by atoms with Crippen LogP contribution in [0.4, 0.5) is 19.0 Å². The molecule has 4 rings (SSSR count). The van der Waals surface area contributed by atoms with E-state index in [-0.39, 0.29) is 18.3 Å². The summed E-state index contributed by atoms with van der Waals surface area (Å²) in [5, 5.41) is 7.95. The number of carbonyl (C=O) groups excluding carboxylic acids is 1. The summed E-state index contributed by atoms with van der Waals surface area (Å²) in [4.78, 5) is 21.2. The molecule has 3 aromatic heterocycles. The van der Waals surface area contributed by atoms with Crippen molar-refractivity contribution in [3.05, 3.63) is 68.9 Å². The first-order valence-corrected chi connectivity index (χ1v) is 9.87. The number of aryl methyl sites for hydroxylation is 1. The number of carbonyl (C=O) groups is 1. The lowest BCUT2D eigenvalue weighted by Crippen LogP contribution is -2.13. The number of thiazole rings is 1. The Labute approximate surface area is 177 Å². The third kappa shape index (κ3) is 3.88. The maximum atomic E-state index is 12.8. The van der Waals surface area contributed by atoms with Crippen LogP contribution >= 0.6 is 22.9 Å². The van der Waals surface area contributed by atoms with Gasteiger partial charge in [0.25, 0.3) is 5.91 Å². The van der Waals surface area contributed by atoms with Crippen LogP contribution in [0, 0.1) is 6.92 Å². The molecule has 1 amide bonds. The summed E-state index contributed by atoms with van der Waals surface area (Å²) in [5.74, 6) is -0.133. The summed E-state index contributed by atoms with van der Waals surface area (Å²) >= 11 is 7.49. The van der Waals surface area contributed by atoms with Crippen LogP contribution in [-0.2, 0) is 12.7 Å². The largest absolute Gasteiger partial charge is 0.416 e. The van der Waals surface area contributed by atoms with Crippen LogP contribution < -0.4 is 5.32 Å². The number of hydrogen-bond acceptors (Lipinski definition) is 5. The van der Waals surface area contributed by atoms with E-state index < -0.39 is 11.7 Å². The van der Waals surface area contributed by atoms with Crippen LogP contribution in [0.5, 0.6) is 0 Å². The number of nitrogens with zero attached hydrogens (tertiary/aromatic N) is 4. The molecule has 0 atom stereocenters. The highest BCUT2D eigenvalue weighted by Crippen LogP contribution is 2.32. The monoisotopic (exact) mass is 451 g/mol. The normalized spacial score (nSPS) is 11.8. The second-order valence-electron chi connectivity index (χ2n) is 6.44. The summed E-state index contributed by atoms with van der Waals surface area (Å²) in [6.45, 7) is 1.90. The molecule has 0 aliphatic heterocycles. The first-order valence-electron chi connectivity index (χ1n) is 8.61. The molecule has 30 heavy (non-hydrogen) atoms. The first-order chi connectivity index (χ1) is 14.2. The standard InChI is InChI=1S/C19H13ClF3N5OS/c1-10-16(30-9-25-10)18(29)26-17-15-13(20)6-24-7-14(15)28(27-17)8-11-2-4-12(5-3-11)19(21,22)23/h2-7,9H,8H2,1H3,(H,26,27,29). The number of rotatable bonds is 4. The molecule has 0 saturated carbocycles. The van der Waals surface area contributed by atoms with E-state index in [2.05, 4.69) is 20.4 Å². The van der Waals surface area contributed by atoms with Crippen LogP contribution in [0.2, 0.25) is 5.02 Å². The van der Waals surface area contributed by atoms with Gasteiger partial charge in [-0.3, -0.25) is 14.5 Å². The molecule has 6 nitrogen and oxygen atoms in total. The predicted molar refractivity (Wildman–Crippen MR) is 108 cm³/mol. The lowest BCUT2D eigenvalue weighted by atomic mass is 10.1. The highest BCUT2D eigenvalue weighted by Gasteiger charge is 2.30. The predicted octanol–water partition coefficient (Wildman–Crippen LogP) is 5.17. The third-order valence-corrected chi connectivity index (χ3v) is 5.63. The topological polar surface area (TPSA) is 72.7 Å². The van der Waals surface area contributed by atoms with Crippen molar-refractivity contribution < 1.29 is 18.0 Å². The van der Waals surface area contributed by atoms with Gasteiger partial charge in [-0.25, -0.2) is 4.98 Å². The van der Waals surface area contributed by atoms with Gasteiger partial charge in [-0.05, 0) is 24.6 Å². The number of anilines is 1. The number of nitrogens with one attached hydrogen (secondary N) is 1. The van der Waals surface area contributed by atoms with Crippen molar-refractivity contribution in [1.82, 2.24) is 19.7 Å². The van der Waals surface area contributed by atoms with Crippen LogP contribution in [0.15, 0.2) is 42.2 Å². The summed E-state index contributed by atoms with van der Waals surface area (Å²) in [6.07, 6.45) is -1.44. The summed E-state index contributed by atoms with van der Waals surface area (Å²) < 4.78 is 39.9. The molecule has 0 saturated heterocycles. The molecule has 154 valence electrons. The van der Waals surface area contributed by atoms with Gasteiger partial charge >= 0.3 is 6.18 Å². The Hall–Kier alpha value is -2.98. The van der Waals surface area contributed by atoms with Gasteiger partial charge in [0.15, 0.2) is 5.82 Å². The van der Waals surface area contributed by atoms with E-state index >= 15 is 0 Å². The van der Waals surface area contributed by atoms with E-state index in [1.54, 1.807) is 12.4 Å². The fourth-order valence-corrected chi connectivity index (χ4v) is 3.88. The Kier molecular flexibility index (Phi) is 5.20. The average molecular weight is 452 g/mol. The molecule has 0 spiro atoms. The molecule has 0 aliphatic carbocycles. The highest BCUT2D eigenvalue weighted by atomic mass is 35.5. The van der Waals surface area contributed by atoms with Gasteiger partial charge in [0.05, 0.1) is 45.4 Å². The lowest BCUT2D eigenvalue weighted by molar-refractivity contribution is -0.137. The Morgan fingerprint density at radius 2 is 1.97 bits per heavy atom. The zero-order valence-corrected chi connectivity index (χ0v) is 16.9. The molecule has 3 heterocycles. The summed E-state index contributed by atoms with van der Waals surface area (Å²) in [5.41, 5.74) is 2.58. The lowest BCUT2D eigenvalue weighted by Gasteiger charge is -2.08. The molecular formula is C19H13ClF3N5OS. The van der Waals surface area contributed by atoms with E-state index in [1.165, 1.54) is 40.5 Å². The van der Waals surface area contributed by atoms with Crippen molar-refractivity contribution in [1.29, 1.82) is 0 Å². The fourth-order valence-electron chi connectivity index (χ4n) is 2.94. The van der Waals surface area contributed by atoms with E-state index in [1.807, 2.05) is 0 Å². The molecule has 4 aromatic rings. The number of aromatic nitrogens is 4. The maximum absolute atomic E-state index is 12.8. The van der Waals surface area contributed by atoms with Crippen molar-refractivity contribution in [2.75, 3.05) is 5.32 Å². The zero-order valence-electron chi connectivity index (χ0n) is 15.4. The van der Waals surface area contributed by atoms with Crippen LogP contribution in [0.1, 0.15) is 26.5 Å². The SMILES string of the molecule is Cc1ncsc1C(=O)Nc1nn(Cc2ccc(C(F)(F)F)cc2)c2cncc(Cl)c12. The van der Waals surface area contributed by atoms with E-state index in [0.29, 0.717) is 32.1 Å². The van der Waals surface area contributed by atoms with Crippen LogP contribution in [0.3, 0.4) is 0 Å². The Morgan fingerprint density at radius 3 is 2.60 bits per heavy atom. The van der Waals surface area contributed by atoms with Crippen molar-refractivity contribution in [3.63, 3.8) is 0 Å². The molecule has 1 N–H and O–H groups in total. The zero-order chi connectivity index (χ0) is 21.5. The molecular weight excluding hydrogens is 439 g/mol. The van der Waals surface area contributed by atoms with Crippen LogP contribution in [0.25, 0.3) is 10.9 Å². The molecule has 0 fully saturated rings. The first kappa shape index (κ1) is 20.3.